The lowest BCUT2D eigenvalue weighted by molar-refractivity contribution is -0.274. The number of nitrogens with zero attached hydrogens (tertiary/aromatic N) is 2. The monoisotopic (exact) mass is 451 g/mol. The van der Waals surface area contributed by atoms with Crippen LogP contribution in [0.15, 0.2) is 59.4 Å². The van der Waals surface area contributed by atoms with Gasteiger partial charge < -0.3 is 15.2 Å². The Labute approximate surface area is 178 Å². The summed E-state index contributed by atoms with van der Waals surface area (Å²) < 4.78 is 55.5. The zero-order valence-corrected chi connectivity index (χ0v) is 16.6. The first kappa shape index (κ1) is 22.9. The summed E-state index contributed by atoms with van der Waals surface area (Å²) in [6.07, 6.45) is -4.86. The highest BCUT2D eigenvalue weighted by Gasteiger charge is 2.31. The molecule has 3 aromatic rings. The van der Waals surface area contributed by atoms with Crippen LogP contribution in [0.2, 0.25) is 0 Å². The molecule has 0 aliphatic carbocycles. The predicted octanol–water partition coefficient (Wildman–Crippen LogP) is 3.05. The van der Waals surface area contributed by atoms with Gasteiger partial charge in [0.1, 0.15) is 17.1 Å². The molecule has 1 heterocycles. The highest BCUT2D eigenvalue weighted by molar-refractivity contribution is 5.95. The van der Waals surface area contributed by atoms with Crippen molar-refractivity contribution in [2.24, 2.45) is 0 Å². The average Bonchev–Trinajstić information content (AvgIpc) is 2.73. The molecule has 1 amide bonds. The van der Waals surface area contributed by atoms with Crippen molar-refractivity contribution in [3.05, 3.63) is 76.3 Å². The number of aliphatic hydroxyl groups is 1. The number of nitrogens with one attached hydrogen (secondary N) is 1. The van der Waals surface area contributed by atoms with Gasteiger partial charge in [0.15, 0.2) is 0 Å². The number of aliphatic hydroxyl groups excluding tert-OH is 1. The van der Waals surface area contributed by atoms with Crippen LogP contribution in [0.4, 0.5) is 17.6 Å². The van der Waals surface area contributed by atoms with Gasteiger partial charge in [-0.2, -0.15) is 9.78 Å². The largest absolute Gasteiger partial charge is 0.573 e. The van der Waals surface area contributed by atoms with Crippen LogP contribution in [0, 0.1) is 5.82 Å². The molecule has 0 radical (unpaired) electrons. The predicted molar refractivity (Wildman–Crippen MR) is 106 cm³/mol. The first-order valence-corrected chi connectivity index (χ1v) is 9.25. The quantitative estimate of drug-likeness (QED) is 0.562. The van der Waals surface area contributed by atoms with E-state index in [4.69, 9.17) is 5.11 Å². The third kappa shape index (κ3) is 5.49. The van der Waals surface area contributed by atoms with Gasteiger partial charge in [0, 0.05) is 11.6 Å². The van der Waals surface area contributed by atoms with Gasteiger partial charge in [-0.15, -0.1) is 13.2 Å². The van der Waals surface area contributed by atoms with E-state index >= 15 is 0 Å². The van der Waals surface area contributed by atoms with Crippen molar-refractivity contribution in [3.8, 4) is 22.7 Å². The zero-order chi connectivity index (χ0) is 23.5. The topological polar surface area (TPSA) is 93.4 Å². The fraction of sp³-hybridized carbons (Fsp3) is 0.190. The number of amides is 1. The third-order valence-electron chi connectivity index (χ3n) is 4.24. The van der Waals surface area contributed by atoms with Crippen LogP contribution >= 0.6 is 0 Å². The molecule has 7 nitrogen and oxygen atoms in total. The Bertz CT molecular complexity index is 1180. The van der Waals surface area contributed by atoms with Gasteiger partial charge in [0.05, 0.1) is 18.0 Å². The smallest absolute Gasteiger partial charge is 0.406 e. The fourth-order valence-corrected chi connectivity index (χ4v) is 2.76. The molecule has 1 aromatic heterocycles. The van der Waals surface area contributed by atoms with Gasteiger partial charge in [0.2, 0.25) is 0 Å². The Kier molecular flexibility index (Phi) is 6.58. The van der Waals surface area contributed by atoms with E-state index in [1.807, 2.05) is 0 Å². The summed E-state index contributed by atoms with van der Waals surface area (Å²) in [6.45, 7) is 1.15. The molecular weight excluding hydrogens is 434 g/mol. The highest BCUT2D eigenvalue weighted by atomic mass is 19.4. The molecule has 168 valence electrons. The molecule has 0 aliphatic rings. The lowest BCUT2D eigenvalue weighted by Crippen LogP contribution is -2.39. The number of aromatic nitrogens is 2. The van der Waals surface area contributed by atoms with E-state index in [1.54, 1.807) is 0 Å². The van der Waals surface area contributed by atoms with Crippen LogP contribution in [0.3, 0.4) is 0 Å². The normalized spacial score (nSPS) is 12.3. The second-order valence-electron chi connectivity index (χ2n) is 6.77. The molecule has 1 atom stereocenters. The van der Waals surface area contributed by atoms with Crippen LogP contribution < -0.4 is 15.6 Å². The number of hydrogen-bond donors (Lipinski definition) is 2. The third-order valence-corrected chi connectivity index (χ3v) is 4.24. The number of carbonyl (C=O) groups excluding carboxylic acids is 1. The summed E-state index contributed by atoms with van der Waals surface area (Å²) in [6, 6.07) is 10.1. The van der Waals surface area contributed by atoms with E-state index in [2.05, 4.69) is 15.2 Å². The maximum atomic E-state index is 13.7. The second kappa shape index (κ2) is 9.18. The van der Waals surface area contributed by atoms with Gasteiger partial charge in [-0.1, -0.05) is 6.07 Å². The minimum absolute atomic E-state index is 0.0399. The van der Waals surface area contributed by atoms with Gasteiger partial charge in [-0.05, 0) is 55.5 Å². The first-order chi connectivity index (χ1) is 15.1. The number of benzene rings is 2. The van der Waals surface area contributed by atoms with E-state index in [1.165, 1.54) is 31.2 Å². The Morgan fingerprint density at radius 2 is 1.88 bits per heavy atom. The maximum absolute atomic E-state index is 13.7. The molecule has 0 saturated carbocycles. The van der Waals surface area contributed by atoms with Crippen molar-refractivity contribution in [1.29, 1.82) is 0 Å². The van der Waals surface area contributed by atoms with Crippen LogP contribution in [-0.4, -0.2) is 39.8 Å². The minimum atomic E-state index is -4.86. The summed E-state index contributed by atoms with van der Waals surface area (Å²) in [5, 5.41) is 15.7. The first-order valence-electron chi connectivity index (χ1n) is 9.25. The van der Waals surface area contributed by atoms with E-state index < -0.39 is 35.4 Å². The van der Waals surface area contributed by atoms with Crippen LogP contribution in [0.1, 0.15) is 17.3 Å². The zero-order valence-electron chi connectivity index (χ0n) is 16.6. The lowest BCUT2D eigenvalue weighted by Gasteiger charge is -2.14. The standard InChI is InChI=1S/C21H17F4N3O4/c1-12(11-29)26-19(30)17-10-18(13-5-7-16(8-6-13)32-21(23,24)25)27-28(20(17)31)15-4-2-3-14(22)9-15/h2-10,12,29H,11H2,1H3,(H,26,30)/t12-/m0/s1. The van der Waals surface area contributed by atoms with E-state index in [0.717, 1.165) is 35.0 Å². The second-order valence-corrected chi connectivity index (χ2v) is 6.77. The van der Waals surface area contributed by atoms with E-state index in [-0.39, 0.29) is 29.1 Å². The molecule has 2 N–H and O–H groups in total. The lowest BCUT2D eigenvalue weighted by atomic mass is 10.1. The summed E-state index contributed by atoms with van der Waals surface area (Å²) in [4.78, 5) is 25.5. The number of rotatable bonds is 6. The molecule has 0 bridgehead atoms. The SMILES string of the molecule is C[C@@H](CO)NC(=O)c1cc(-c2ccc(OC(F)(F)F)cc2)nn(-c2cccc(F)c2)c1=O. The molecule has 2 aromatic carbocycles. The molecule has 11 heteroatoms. The molecule has 32 heavy (non-hydrogen) atoms. The highest BCUT2D eigenvalue weighted by Crippen LogP contribution is 2.26. The van der Waals surface area contributed by atoms with Crippen molar-refractivity contribution < 1.29 is 32.2 Å². The van der Waals surface area contributed by atoms with Crippen molar-refractivity contribution in [3.63, 3.8) is 0 Å². The number of halogens is 4. The van der Waals surface area contributed by atoms with E-state index in [0.29, 0.717) is 0 Å². The Morgan fingerprint density at radius 3 is 2.47 bits per heavy atom. The van der Waals surface area contributed by atoms with Crippen molar-refractivity contribution in [2.75, 3.05) is 6.61 Å². The maximum Gasteiger partial charge on any atom is 0.573 e. The molecule has 0 fully saturated rings. The van der Waals surface area contributed by atoms with Crippen molar-refractivity contribution >= 4 is 5.91 Å². The number of carbonyl (C=O) groups is 1. The summed E-state index contributed by atoms with van der Waals surface area (Å²) >= 11 is 0. The number of alkyl halides is 3. The van der Waals surface area contributed by atoms with Crippen LogP contribution in [0.5, 0.6) is 5.75 Å². The number of hydrogen-bond acceptors (Lipinski definition) is 5. The van der Waals surface area contributed by atoms with Crippen LogP contribution in [-0.2, 0) is 0 Å². The Morgan fingerprint density at radius 1 is 1.19 bits per heavy atom. The number of ether oxygens (including phenoxy) is 1. The molecule has 0 spiro atoms. The van der Waals surface area contributed by atoms with Gasteiger partial charge >= 0.3 is 6.36 Å². The van der Waals surface area contributed by atoms with E-state index in [9.17, 15) is 27.2 Å². The molecule has 0 saturated heterocycles. The summed E-state index contributed by atoms with van der Waals surface area (Å²) in [7, 11) is 0. The summed E-state index contributed by atoms with van der Waals surface area (Å²) in [5.74, 6) is -1.91. The Balaban J connectivity index is 2.11. The molecular formula is C21H17F4N3O4. The summed E-state index contributed by atoms with van der Waals surface area (Å²) in [5.41, 5.74) is -0.824. The van der Waals surface area contributed by atoms with Gasteiger partial charge in [-0.25, -0.2) is 4.39 Å². The molecule has 0 unspecified atom stereocenters. The average molecular weight is 451 g/mol. The Hall–Kier alpha value is -3.73. The molecule has 0 aliphatic heterocycles. The fourth-order valence-electron chi connectivity index (χ4n) is 2.76. The van der Waals surface area contributed by atoms with Crippen molar-refractivity contribution in [1.82, 2.24) is 15.1 Å². The van der Waals surface area contributed by atoms with Crippen molar-refractivity contribution in [2.45, 2.75) is 19.3 Å². The van der Waals surface area contributed by atoms with Gasteiger partial charge in [-0.3, -0.25) is 9.59 Å². The molecule has 3 rings (SSSR count). The van der Waals surface area contributed by atoms with Crippen LogP contribution in [0.25, 0.3) is 16.9 Å². The minimum Gasteiger partial charge on any atom is -0.406 e. The van der Waals surface area contributed by atoms with Gasteiger partial charge in [0.25, 0.3) is 11.5 Å².